The van der Waals surface area contributed by atoms with E-state index >= 15 is 0 Å². The third kappa shape index (κ3) is 2.73. The van der Waals surface area contributed by atoms with Crippen LogP contribution in [0, 0.1) is 0 Å². The van der Waals surface area contributed by atoms with Crippen LogP contribution in [-0.4, -0.2) is 25.7 Å². The van der Waals surface area contributed by atoms with Gasteiger partial charge in [0, 0.05) is 10.4 Å². The van der Waals surface area contributed by atoms with E-state index in [-0.39, 0.29) is 11.7 Å². The first-order chi connectivity index (χ1) is 12.8. The van der Waals surface area contributed by atoms with Gasteiger partial charge in [0.1, 0.15) is 11.6 Å². The maximum Gasteiger partial charge on any atom is 0.255 e. The summed E-state index contributed by atoms with van der Waals surface area (Å²) in [7, 11) is 0. The Bertz CT molecular complexity index is 1070. The Labute approximate surface area is 161 Å². The van der Waals surface area contributed by atoms with Gasteiger partial charge in [-0.1, -0.05) is 24.9 Å². The number of nitrogen functional groups attached to an aromatic ring is 1. The molecule has 0 unspecified atom stereocenters. The number of nitrogens with one attached hydrogen (secondary N) is 1. The highest BCUT2D eigenvalue weighted by molar-refractivity contribution is 6.31. The molecule has 0 saturated heterocycles. The summed E-state index contributed by atoms with van der Waals surface area (Å²) in [5.41, 5.74) is 7.87. The predicted molar refractivity (Wildman–Crippen MR) is 106 cm³/mol. The first kappa shape index (κ1) is 17.7. The molecule has 27 heavy (non-hydrogen) atoms. The van der Waals surface area contributed by atoms with Gasteiger partial charge in [0.05, 0.1) is 22.2 Å². The van der Waals surface area contributed by atoms with E-state index in [1.54, 1.807) is 4.68 Å². The molecule has 0 bridgehead atoms. The van der Waals surface area contributed by atoms with Crippen molar-refractivity contribution in [3.05, 3.63) is 34.5 Å². The number of carbonyl (C=O) groups excluding carboxylic acids is 1. The highest BCUT2D eigenvalue weighted by atomic mass is 35.5. The van der Waals surface area contributed by atoms with Gasteiger partial charge in [-0.05, 0) is 44.9 Å². The van der Waals surface area contributed by atoms with Gasteiger partial charge in [-0.15, -0.1) is 0 Å². The predicted octanol–water partition coefficient (Wildman–Crippen LogP) is 3.62. The molecular formula is C19H21ClN6O. The highest BCUT2D eigenvalue weighted by Gasteiger charge is 2.42. The van der Waals surface area contributed by atoms with E-state index in [2.05, 4.69) is 22.2 Å². The van der Waals surface area contributed by atoms with Crippen molar-refractivity contribution in [2.45, 2.75) is 45.4 Å². The molecule has 4 rings (SSSR count). The maximum atomic E-state index is 12.3. The standard InChI is InChI=1S/C19H21ClN6O/c1-4-5-6-12-11-9-10(20)7-8-13(11)26(25-12)18-22-15(21)14-16(24-18)23-17(27)19(14,2)3/h7-9H,4-6H2,1-3H3,(H3,21,22,23,24,27). The Kier molecular flexibility index (Phi) is 4.07. The van der Waals surface area contributed by atoms with Crippen molar-refractivity contribution in [1.29, 1.82) is 0 Å². The number of anilines is 2. The first-order valence-electron chi connectivity index (χ1n) is 9.00. The van der Waals surface area contributed by atoms with Crippen LogP contribution in [0.25, 0.3) is 16.9 Å². The molecule has 0 fully saturated rings. The van der Waals surface area contributed by atoms with Crippen LogP contribution in [0.3, 0.4) is 0 Å². The molecule has 1 aliphatic heterocycles. The van der Waals surface area contributed by atoms with Crippen molar-refractivity contribution >= 4 is 40.0 Å². The average Bonchev–Trinajstić information content (AvgIpc) is 3.07. The minimum absolute atomic E-state index is 0.142. The number of unbranched alkanes of at least 4 members (excludes halogenated alkanes) is 1. The number of fused-ring (bicyclic) bond motifs is 2. The SMILES string of the molecule is CCCCc1nn(-c2nc(N)c3c(n2)NC(=O)C3(C)C)c2ccc(Cl)cc12. The average molecular weight is 385 g/mol. The van der Waals surface area contributed by atoms with Crippen LogP contribution in [0.2, 0.25) is 5.02 Å². The molecule has 3 N–H and O–H groups in total. The van der Waals surface area contributed by atoms with Crippen LogP contribution in [0.1, 0.15) is 44.9 Å². The van der Waals surface area contributed by atoms with E-state index in [0.717, 1.165) is 35.9 Å². The number of hydrogen-bond acceptors (Lipinski definition) is 5. The summed E-state index contributed by atoms with van der Waals surface area (Å²) in [5.74, 6) is 0.919. The number of halogens is 1. The summed E-state index contributed by atoms with van der Waals surface area (Å²) < 4.78 is 1.67. The van der Waals surface area contributed by atoms with E-state index in [0.29, 0.717) is 22.4 Å². The molecule has 7 nitrogen and oxygen atoms in total. The zero-order chi connectivity index (χ0) is 19.3. The van der Waals surface area contributed by atoms with E-state index in [1.807, 2.05) is 32.0 Å². The first-order valence-corrected chi connectivity index (χ1v) is 9.37. The molecule has 0 saturated carbocycles. The molecule has 3 heterocycles. The van der Waals surface area contributed by atoms with Crippen molar-refractivity contribution in [3.8, 4) is 5.95 Å². The molecular weight excluding hydrogens is 364 g/mol. The highest BCUT2D eigenvalue weighted by Crippen LogP contribution is 2.39. The maximum absolute atomic E-state index is 12.3. The van der Waals surface area contributed by atoms with Crippen LogP contribution >= 0.6 is 11.6 Å². The number of nitrogens with zero attached hydrogens (tertiary/aromatic N) is 4. The molecule has 140 valence electrons. The Morgan fingerprint density at radius 1 is 1.30 bits per heavy atom. The van der Waals surface area contributed by atoms with Crippen molar-refractivity contribution in [3.63, 3.8) is 0 Å². The fourth-order valence-corrected chi connectivity index (χ4v) is 3.65. The molecule has 1 aromatic carbocycles. The van der Waals surface area contributed by atoms with E-state index in [4.69, 9.17) is 22.4 Å². The molecule has 1 aliphatic rings. The number of nitrogens with two attached hydrogens (primary N) is 1. The fourth-order valence-electron chi connectivity index (χ4n) is 3.48. The number of hydrogen-bond donors (Lipinski definition) is 2. The number of aryl methyl sites for hydroxylation is 1. The number of carbonyl (C=O) groups is 1. The summed E-state index contributed by atoms with van der Waals surface area (Å²) in [6.07, 6.45) is 2.93. The molecule has 2 aromatic heterocycles. The third-order valence-electron chi connectivity index (χ3n) is 5.02. The van der Waals surface area contributed by atoms with E-state index < -0.39 is 5.41 Å². The van der Waals surface area contributed by atoms with Crippen molar-refractivity contribution < 1.29 is 4.79 Å². The summed E-state index contributed by atoms with van der Waals surface area (Å²) in [4.78, 5) is 21.2. The Balaban J connectivity index is 1.90. The minimum Gasteiger partial charge on any atom is -0.383 e. The molecule has 0 spiro atoms. The minimum atomic E-state index is -0.760. The summed E-state index contributed by atoms with van der Waals surface area (Å²) in [6, 6.07) is 5.62. The van der Waals surface area contributed by atoms with Crippen LogP contribution in [0.5, 0.6) is 0 Å². The van der Waals surface area contributed by atoms with Gasteiger partial charge in [0.15, 0.2) is 0 Å². The quantitative estimate of drug-likeness (QED) is 0.715. The van der Waals surface area contributed by atoms with Crippen molar-refractivity contribution in [1.82, 2.24) is 19.7 Å². The molecule has 8 heteroatoms. The smallest absolute Gasteiger partial charge is 0.255 e. The lowest BCUT2D eigenvalue weighted by Crippen LogP contribution is -2.27. The number of rotatable bonds is 4. The van der Waals surface area contributed by atoms with Gasteiger partial charge < -0.3 is 11.1 Å². The molecule has 0 aliphatic carbocycles. The Hall–Kier alpha value is -2.67. The normalized spacial score (nSPS) is 15.2. The van der Waals surface area contributed by atoms with Crippen molar-refractivity contribution in [2.75, 3.05) is 11.1 Å². The van der Waals surface area contributed by atoms with Gasteiger partial charge in [-0.2, -0.15) is 19.7 Å². The molecule has 0 radical (unpaired) electrons. The van der Waals surface area contributed by atoms with Gasteiger partial charge in [0.25, 0.3) is 5.95 Å². The van der Waals surface area contributed by atoms with Gasteiger partial charge >= 0.3 is 0 Å². The largest absolute Gasteiger partial charge is 0.383 e. The number of aromatic nitrogens is 4. The number of benzene rings is 1. The lowest BCUT2D eigenvalue weighted by atomic mass is 9.87. The summed E-state index contributed by atoms with van der Waals surface area (Å²) >= 11 is 6.19. The number of amides is 1. The molecule has 0 atom stereocenters. The van der Waals surface area contributed by atoms with Crippen LogP contribution in [0.4, 0.5) is 11.6 Å². The molecule has 1 amide bonds. The summed E-state index contributed by atoms with van der Waals surface area (Å²) in [6.45, 7) is 5.75. The van der Waals surface area contributed by atoms with Gasteiger partial charge in [0.2, 0.25) is 5.91 Å². The second-order valence-electron chi connectivity index (χ2n) is 7.34. The molecule has 3 aromatic rings. The Morgan fingerprint density at radius 2 is 2.07 bits per heavy atom. The van der Waals surface area contributed by atoms with Crippen LogP contribution in [0.15, 0.2) is 18.2 Å². The van der Waals surface area contributed by atoms with Crippen molar-refractivity contribution in [2.24, 2.45) is 0 Å². The lowest BCUT2D eigenvalue weighted by Gasteiger charge is -2.16. The topological polar surface area (TPSA) is 98.7 Å². The van der Waals surface area contributed by atoms with Crippen LogP contribution < -0.4 is 11.1 Å². The van der Waals surface area contributed by atoms with Gasteiger partial charge in [-0.3, -0.25) is 4.79 Å². The van der Waals surface area contributed by atoms with E-state index in [1.165, 1.54) is 0 Å². The van der Waals surface area contributed by atoms with E-state index in [9.17, 15) is 4.79 Å². The third-order valence-corrected chi connectivity index (χ3v) is 5.26. The van der Waals surface area contributed by atoms with Gasteiger partial charge in [-0.25, -0.2) is 0 Å². The van der Waals surface area contributed by atoms with Crippen LogP contribution in [-0.2, 0) is 16.6 Å². The lowest BCUT2D eigenvalue weighted by molar-refractivity contribution is -0.119. The fraction of sp³-hybridized carbons (Fsp3) is 0.368. The second-order valence-corrected chi connectivity index (χ2v) is 7.77. The zero-order valence-electron chi connectivity index (χ0n) is 15.5. The monoisotopic (exact) mass is 384 g/mol. The Morgan fingerprint density at radius 3 is 2.81 bits per heavy atom. The second kappa shape index (κ2) is 6.20. The zero-order valence-corrected chi connectivity index (χ0v) is 16.3. The summed E-state index contributed by atoms with van der Waals surface area (Å²) in [5, 5.41) is 9.16.